The molecule has 2 atom stereocenters. The van der Waals surface area contributed by atoms with Crippen molar-refractivity contribution in [3.8, 4) is 0 Å². The van der Waals surface area contributed by atoms with Crippen LogP contribution in [0.15, 0.2) is 4.34 Å². The first-order valence-corrected chi connectivity index (χ1v) is 8.85. The highest BCUT2D eigenvalue weighted by Crippen LogP contribution is 2.31. The highest BCUT2D eigenvalue weighted by atomic mass is 32.2. The first kappa shape index (κ1) is 15.6. The van der Waals surface area contributed by atoms with Crippen molar-refractivity contribution in [3.05, 3.63) is 0 Å². The molecule has 0 saturated heterocycles. The van der Waals surface area contributed by atoms with Crippen molar-refractivity contribution in [1.82, 2.24) is 10.2 Å². The number of nitrogens with zero attached hydrogens (tertiary/aromatic N) is 2. The van der Waals surface area contributed by atoms with Gasteiger partial charge in [-0.2, -0.15) is 0 Å². The maximum atomic E-state index is 10.5. The lowest BCUT2D eigenvalue weighted by molar-refractivity contribution is -0.133. The summed E-state index contributed by atoms with van der Waals surface area (Å²) < 4.78 is 0.709. The summed E-state index contributed by atoms with van der Waals surface area (Å²) in [4.78, 5) is 10.5. The summed E-state index contributed by atoms with van der Waals surface area (Å²) in [6.45, 7) is 3.27. The number of thioether (sulfide) groups is 1. The maximum Gasteiger partial charge on any atom is 0.313 e. The fourth-order valence-corrected chi connectivity index (χ4v) is 4.17. The van der Waals surface area contributed by atoms with Gasteiger partial charge in [0.2, 0.25) is 5.13 Å². The van der Waals surface area contributed by atoms with Crippen LogP contribution in [0.25, 0.3) is 0 Å². The molecule has 2 rings (SSSR count). The topological polar surface area (TPSA) is 75.1 Å². The molecule has 1 aromatic heterocycles. The predicted octanol–water partition coefficient (Wildman–Crippen LogP) is 3.34. The van der Waals surface area contributed by atoms with Gasteiger partial charge in [0.05, 0.1) is 5.75 Å². The third-order valence-corrected chi connectivity index (χ3v) is 5.60. The first-order valence-electron chi connectivity index (χ1n) is 7.05. The summed E-state index contributed by atoms with van der Waals surface area (Å²) in [6, 6.07) is 0. The van der Waals surface area contributed by atoms with E-state index in [1.807, 2.05) is 0 Å². The van der Waals surface area contributed by atoms with Crippen LogP contribution in [0.4, 0.5) is 5.13 Å². The highest BCUT2D eigenvalue weighted by Gasteiger charge is 2.18. The molecule has 7 heteroatoms. The maximum absolute atomic E-state index is 10.5. The largest absolute Gasteiger partial charge is 0.481 e. The zero-order valence-electron chi connectivity index (χ0n) is 11.7. The summed E-state index contributed by atoms with van der Waals surface area (Å²) in [5.74, 6) is 0.912. The molecule has 1 heterocycles. The van der Waals surface area contributed by atoms with Crippen LogP contribution in [0.1, 0.15) is 39.0 Å². The van der Waals surface area contributed by atoms with Gasteiger partial charge in [0.25, 0.3) is 0 Å². The van der Waals surface area contributed by atoms with Crippen molar-refractivity contribution >= 4 is 34.2 Å². The van der Waals surface area contributed by atoms with E-state index in [0.717, 1.165) is 23.5 Å². The van der Waals surface area contributed by atoms with Crippen molar-refractivity contribution < 1.29 is 9.90 Å². The minimum absolute atomic E-state index is 0.0363. The molecule has 0 radical (unpaired) electrons. The second kappa shape index (κ2) is 7.83. The zero-order chi connectivity index (χ0) is 14.4. The molecule has 1 aromatic rings. The number of carbonyl (C=O) groups is 1. The average molecular weight is 315 g/mol. The van der Waals surface area contributed by atoms with Gasteiger partial charge < -0.3 is 10.4 Å². The van der Waals surface area contributed by atoms with E-state index in [2.05, 4.69) is 22.4 Å². The molecule has 0 aliphatic heterocycles. The van der Waals surface area contributed by atoms with Crippen molar-refractivity contribution in [3.63, 3.8) is 0 Å². The van der Waals surface area contributed by atoms with Gasteiger partial charge in [-0.1, -0.05) is 49.3 Å². The standard InChI is InChI=1S/C13H21N3O2S2/c1-9-3-2-4-10(7-9)5-6-14-12-15-16-13(20-12)19-8-11(17)18/h9-10H,2-8H2,1H3,(H,14,15)(H,17,18). The van der Waals surface area contributed by atoms with Crippen LogP contribution >= 0.6 is 23.1 Å². The first-order chi connectivity index (χ1) is 9.63. The Kier molecular flexibility index (Phi) is 6.09. The number of hydrogen-bond acceptors (Lipinski definition) is 6. The van der Waals surface area contributed by atoms with Crippen LogP contribution in [0.2, 0.25) is 0 Å². The number of aromatic nitrogens is 2. The number of nitrogens with one attached hydrogen (secondary N) is 1. The molecular weight excluding hydrogens is 294 g/mol. The van der Waals surface area contributed by atoms with Gasteiger partial charge in [0.1, 0.15) is 0 Å². The van der Waals surface area contributed by atoms with E-state index < -0.39 is 5.97 Å². The van der Waals surface area contributed by atoms with E-state index in [1.165, 1.54) is 55.2 Å². The molecule has 0 bridgehead atoms. The van der Waals surface area contributed by atoms with E-state index in [4.69, 9.17) is 5.11 Å². The quantitative estimate of drug-likeness (QED) is 0.752. The van der Waals surface area contributed by atoms with Gasteiger partial charge >= 0.3 is 5.97 Å². The molecule has 0 spiro atoms. The summed E-state index contributed by atoms with van der Waals surface area (Å²) >= 11 is 2.64. The Morgan fingerprint density at radius 2 is 2.35 bits per heavy atom. The van der Waals surface area contributed by atoms with Crippen LogP contribution in [0.5, 0.6) is 0 Å². The van der Waals surface area contributed by atoms with Crippen molar-refractivity contribution in [2.45, 2.75) is 43.4 Å². The molecule has 1 fully saturated rings. The Morgan fingerprint density at radius 3 is 3.10 bits per heavy atom. The van der Waals surface area contributed by atoms with Crippen LogP contribution in [0.3, 0.4) is 0 Å². The van der Waals surface area contributed by atoms with Gasteiger partial charge in [0, 0.05) is 6.54 Å². The normalized spacial score (nSPS) is 22.6. The summed E-state index contributed by atoms with van der Waals surface area (Å²) in [7, 11) is 0. The molecule has 2 unspecified atom stereocenters. The van der Waals surface area contributed by atoms with Crippen LogP contribution in [-0.2, 0) is 4.79 Å². The minimum atomic E-state index is -0.828. The Hall–Kier alpha value is -0.820. The van der Waals surface area contributed by atoms with Gasteiger partial charge in [-0.25, -0.2) is 0 Å². The molecule has 20 heavy (non-hydrogen) atoms. The molecule has 1 aliphatic rings. The van der Waals surface area contributed by atoms with Gasteiger partial charge in [-0.15, -0.1) is 10.2 Å². The lowest BCUT2D eigenvalue weighted by atomic mass is 9.81. The van der Waals surface area contributed by atoms with E-state index in [0.29, 0.717) is 4.34 Å². The van der Waals surface area contributed by atoms with Crippen molar-refractivity contribution in [2.75, 3.05) is 17.6 Å². The molecule has 5 nitrogen and oxygen atoms in total. The van der Waals surface area contributed by atoms with Crippen LogP contribution in [0, 0.1) is 11.8 Å². The van der Waals surface area contributed by atoms with Crippen molar-refractivity contribution in [2.24, 2.45) is 11.8 Å². The summed E-state index contributed by atoms with van der Waals surface area (Å²) in [5, 5.41) is 20.7. The van der Waals surface area contributed by atoms with E-state index in [-0.39, 0.29) is 5.75 Å². The lowest BCUT2D eigenvalue weighted by Gasteiger charge is -2.26. The zero-order valence-corrected chi connectivity index (χ0v) is 13.3. The van der Waals surface area contributed by atoms with E-state index in [9.17, 15) is 4.79 Å². The molecular formula is C13H21N3O2S2. The van der Waals surface area contributed by atoms with Gasteiger partial charge in [-0.3, -0.25) is 4.79 Å². The fraction of sp³-hybridized carbons (Fsp3) is 0.769. The molecule has 0 amide bonds. The Labute approximate surface area is 127 Å². The van der Waals surface area contributed by atoms with Crippen LogP contribution < -0.4 is 5.32 Å². The number of rotatable bonds is 7. The number of anilines is 1. The number of carboxylic acid groups (broad SMARTS) is 1. The Morgan fingerprint density at radius 1 is 1.50 bits per heavy atom. The highest BCUT2D eigenvalue weighted by molar-refractivity contribution is 8.01. The molecule has 0 aromatic carbocycles. The summed E-state index contributed by atoms with van der Waals surface area (Å²) in [6.07, 6.45) is 6.62. The third kappa shape index (κ3) is 5.28. The lowest BCUT2D eigenvalue weighted by Crippen LogP contribution is -2.16. The molecule has 112 valence electrons. The molecule has 1 aliphatic carbocycles. The summed E-state index contributed by atoms with van der Waals surface area (Å²) in [5.41, 5.74) is 0. The predicted molar refractivity (Wildman–Crippen MR) is 82.5 cm³/mol. The molecule has 1 saturated carbocycles. The third-order valence-electron chi connectivity index (χ3n) is 3.60. The second-order valence-electron chi connectivity index (χ2n) is 5.41. The number of hydrogen-bond donors (Lipinski definition) is 2. The average Bonchev–Trinajstić information content (AvgIpc) is 2.84. The minimum Gasteiger partial charge on any atom is -0.481 e. The smallest absolute Gasteiger partial charge is 0.313 e. The number of aliphatic carboxylic acids is 1. The van der Waals surface area contributed by atoms with E-state index in [1.54, 1.807) is 0 Å². The Balaban J connectivity index is 1.67. The number of carboxylic acids is 1. The fourth-order valence-electron chi connectivity index (χ4n) is 2.67. The van der Waals surface area contributed by atoms with Crippen LogP contribution in [-0.4, -0.2) is 33.6 Å². The SMILES string of the molecule is CC1CCCC(CCNc2nnc(SCC(=O)O)s2)C1. The van der Waals surface area contributed by atoms with Gasteiger partial charge in [0.15, 0.2) is 4.34 Å². The molecule has 2 N–H and O–H groups in total. The Bertz CT molecular complexity index is 439. The monoisotopic (exact) mass is 315 g/mol. The van der Waals surface area contributed by atoms with Gasteiger partial charge in [-0.05, 0) is 24.7 Å². The second-order valence-corrected chi connectivity index (χ2v) is 7.61. The van der Waals surface area contributed by atoms with Crippen molar-refractivity contribution in [1.29, 1.82) is 0 Å². The van der Waals surface area contributed by atoms with E-state index >= 15 is 0 Å².